The second kappa shape index (κ2) is 11.1. The highest BCUT2D eigenvalue weighted by molar-refractivity contribution is 6.35. The third kappa shape index (κ3) is 7.04. The number of aryl methyl sites for hydroxylation is 1. The molecule has 2 aromatic carbocycles. The lowest BCUT2D eigenvalue weighted by atomic mass is 10.2. The number of hydrogen-bond acceptors (Lipinski definition) is 4. The van der Waals surface area contributed by atoms with Gasteiger partial charge in [-0.2, -0.15) is 5.10 Å². The Morgan fingerprint density at radius 2 is 1.89 bits per heavy atom. The van der Waals surface area contributed by atoms with Gasteiger partial charge in [0.1, 0.15) is 12.4 Å². The molecular weight excluding hydrogens is 378 g/mol. The van der Waals surface area contributed by atoms with Crippen molar-refractivity contribution >= 4 is 29.6 Å². The molecule has 0 aromatic heterocycles. The number of nitrogens with zero attached hydrogens (tertiary/aromatic N) is 1. The van der Waals surface area contributed by atoms with Crippen molar-refractivity contribution in [1.29, 1.82) is 0 Å². The lowest BCUT2D eigenvalue weighted by Crippen LogP contribution is -2.38. The molecule has 2 amide bonds. The summed E-state index contributed by atoms with van der Waals surface area (Å²) in [6.45, 7) is 4.91. The fraction of sp³-hybridized carbons (Fsp3) is 0.286. The maximum Gasteiger partial charge on any atom is 0.329 e. The van der Waals surface area contributed by atoms with Gasteiger partial charge in [0.25, 0.3) is 0 Å². The zero-order chi connectivity index (χ0) is 20.4. The average molecular weight is 402 g/mol. The molecule has 0 heterocycles. The largest absolute Gasteiger partial charge is 0.487 e. The molecule has 28 heavy (non-hydrogen) atoms. The first-order chi connectivity index (χ1) is 13.5. The van der Waals surface area contributed by atoms with Crippen molar-refractivity contribution in [2.75, 3.05) is 6.54 Å². The van der Waals surface area contributed by atoms with Crippen LogP contribution >= 0.6 is 11.6 Å². The summed E-state index contributed by atoms with van der Waals surface area (Å²) < 4.78 is 5.74. The summed E-state index contributed by atoms with van der Waals surface area (Å²) in [7, 11) is 0. The Kier molecular flexibility index (Phi) is 8.49. The van der Waals surface area contributed by atoms with E-state index >= 15 is 0 Å². The number of nitrogens with one attached hydrogen (secondary N) is 2. The molecule has 0 aliphatic rings. The minimum Gasteiger partial charge on any atom is -0.487 e. The molecule has 0 aliphatic carbocycles. The summed E-state index contributed by atoms with van der Waals surface area (Å²) >= 11 is 6.25. The fourth-order valence-corrected chi connectivity index (χ4v) is 2.48. The molecule has 0 atom stereocenters. The highest BCUT2D eigenvalue weighted by Gasteiger charge is 2.11. The predicted octanol–water partition coefficient (Wildman–Crippen LogP) is 3.59. The van der Waals surface area contributed by atoms with Gasteiger partial charge in [-0.05, 0) is 42.7 Å². The summed E-state index contributed by atoms with van der Waals surface area (Å²) in [6, 6.07) is 13.2. The molecule has 2 aromatic rings. The van der Waals surface area contributed by atoms with Crippen molar-refractivity contribution in [2.24, 2.45) is 5.10 Å². The van der Waals surface area contributed by atoms with Crippen molar-refractivity contribution in [3.63, 3.8) is 0 Å². The molecule has 7 heteroatoms. The average Bonchev–Trinajstić information content (AvgIpc) is 2.68. The maximum atomic E-state index is 11.6. The zero-order valence-electron chi connectivity index (χ0n) is 16.0. The minimum atomic E-state index is -0.809. The molecule has 0 saturated heterocycles. The van der Waals surface area contributed by atoms with Crippen molar-refractivity contribution < 1.29 is 14.3 Å². The molecule has 0 aliphatic heterocycles. The van der Waals surface area contributed by atoms with Crippen LogP contribution in [0.15, 0.2) is 47.6 Å². The van der Waals surface area contributed by atoms with Crippen LogP contribution in [0.5, 0.6) is 5.75 Å². The standard InChI is InChI=1S/C21H24ClN3O3/c1-3-4-11-23-20(26)21(27)25-24-13-17-9-10-19(18(22)12-17)28-14-16-7-5-15(2)6-8-16/h5-10,12-13H,3-4,11,14H2,1-2H3,(H,23,26)(H,25,27)/b24-13-. The maximum absolute atomic E-state index is 11.6. The van der Waals surface area contributed by atoms with E-state index in [9.17, 15) is 9.59 Å². The number of hydrogen-bond donors (Lipinski definition) is 2. The Balaban J connectivity index is 1.85. The number of ether oxygens (including phenoxy) is 1. The predicted molar refractivity (Wildman–Crippen MR) is 111 cm³/mol. The van der Waals surface area contributed by atoms with E-state index < -0.39 is 11.8 Å². The van der Waals surface area contributed by atoms with Crippen molar-refractivity contribution in [3.05, 3.63) is 64.2 Å². The smallest absolute Gasteiger partial charge is 0.329 e. The molecular formula is C21H24ClN3O3. The van der Waals surface area contributed by atoms with E-state index in [0.29, 0.717) is 29.5 Å². The van der Waals surface area contributed by atoms with Gasteiger partial charge >= 0.3 is 11.8 Å². The van der Waals surface area contributed by atoms with E-state index in [4.69, 9.17) is 16.3 Å². The van der Waals surface area contributed by atoms with Crippen molar-refractivity contribution in [1.82, 2.24) is 10.7 Å². The molecule has 0 unspecified atom stereocenters. The first-order valence-electron chi connectivity index (χ1n) is 9.08. The van der Waals surface area contributed by atoms with Crippen LogP contribution in [0.3, 0.4) is 0 Å². The number of carbonyl (C=O) groups is 2. The molecule has 2 N–H and O–H groups in total. The number of amides is 2. The Bertz CT molecular complexity index is 835. The monoisotopic (exact) mass is 401 g/mol. The normalized spacial score (nSPS) is 10.7. The quantitative estimate of drug-likeness (QED) is 0.307. The molecule has 0 spiro atoms. The second-order valence-electron chi connectivity index (χ2n) is 6.27. The van der Waals surface area contributed by atoms with Crippen LogP contribution in [0.4, 0.5) is 0 Å². The Morgan fingerprint density at radius 1 is 1.14 bits per heavy atom. The van der Waals surface area contributed by atoms with Gasteiger partial charge in [-0.25, -0.2) is 5.43 Å². The van der Waals surface area contributed by atoms with E-state index in [2.05, 4.69) is 15.8 Å². The number of halogens is 1. The van der Waals surface area contributed by atoms with Gasteiger partial charge in [-0.15, -0.1) is 0 Å². The molecule has 0 radical (unpaired) electrons. The number of hydrazone groups is 1. The van der Waals surface area contributed by atoms with Crippen LogP contribution in [0, 0.1) is 6.92 Å². The molecule has 0 fully saturated rings. The van der Waals surface area contributed by atoms with E-state index in [1.807, 2.05) is 38.1 Å². The van der Waals surface area contributed by atoms with Crippen molar-refractivity contribution in [2.45, 2.75) is 33.3 Å². The molecule has 0 bridgehead atoms. The second-order valence-corrected chi connectivity index (χ2v) is 6.68. The van der Waals surface area contributed by atoms with E-state index in [-0.39, 0.29) is 0 Å². The number of carbonyl (C=O) groups excluding carboxylic acids is 2. The van der Waals surface area contributed by atoms with Crippen LogP contribution in [0.25, 0.3) is 0 Å². The summed E-state index contributed by atoms with van der Waals surface area (Å²) in [6.07, 6.45) is 3.16. The SMILES string of the molecule is CCCCNC(=O)C(=O)N/N=C\c1ccc(OCc2ccc(C)cc2)c(Cl)c1. The van der Waals surface area contributed by atoms with E-state index in [0.717, 1.165) is 18.4 Å². The minimum absolute atomic E-state index is 0.413. The summed E-state index contributed by atoms with van der Waals surface area (Å²) in [5.74, 6) is -0.960. The van der Waals surface area contributed by atoms with Gasteiger partial charge in [0, 0.05) is 6.54 Å². The van der Waals surface area contributed by atoms with Crippen LogP contribution in [-0.4, -0.2) is 24.6 Å². The third-order valence-corrected chi connectivity index (χ3v) is 4.17. The van der Waals surface area contributed by atoms with Crippen LogP contribution in [0.1, 0.15) is 36.5 Å². The third-order valence-electron chi connectivity index (χ3n) is 3.87. The van der Waals surface area contributed by atoms with E-state index in [1.165, 1.54) is 11.8 Å². The van der Waals surface area contributed by atoms with E-state index in [1.54, 1.807) is 18.2 Å². The lowest BCUT2D eigenvalue weighted by Gasteiger charge is -2.09. The molecule has 2 rings (SSSR count). The first-order valence-corrected chi connectivity index (χ1v) is 9.46. The molecule has 0 saturated carbocycles. The van der Waals surface area contributed by atoms with Crippen LogP contribution in [0.2, 0.25) is 5.02 Å². The number of benzene rings is 2. The highest BCUT2D eigenvalue weighted by atomic mass is 35.5. The lowest BCUT2D eigenvalue weighted by molar-refractivity contribution is -0.139. The van der Waals surface area contributed by atoms with Crippen molar-refractivity contribution in [3.8, 4) is 5.75 Å². The first kappa shape index (κ1) is 21.4. The Morgan fingerprint density at radius 3 is 2.57 bits per heavy atom. The summed E-state index contributed by atoms with van der Waals surface area (Å²) in [5, 5.41) is 6.73. The summed E-state index contributed by atoms with van der Waals surface area (Å²) in [5.41, 5.74) is 5.09. The molecule has 148 valence electrons. The topological polar surface area (TPSA) is 79.8 Å². The number of unbranched alkanes of at least 4 members (excludes halogenated alkanes) is 1. The van der Waals surface area contributed by atoms with Gasteiger partial charge in [-0.3, -0.25) is 9.59 Å². The van der Waals surface area contributed by atoms with Gasteiger partial charge in [0.2, 0.25) is 0 Å². The van der Waals surface area contributed by atoms with Crippen LogP contribution in [-0.2, 0) is 16.2 Å². The number of rotatable bonds is 8. The van der Waals surface area contributed by atoms with Crippen LogP contribution < -0.4 is 15.5 Å². The molecule has 6 nitrogen and oxygen atoms in total. The Labute approximate surface area is 169 Å². The van der Waals surface area contributed by atoms with Gasteiger partial charge in [-0.1, -0.05) is 54.8 Å². The van der Waals surface area contributed by atoms with Gasteiger partial charge in [0.05, 0.1) is 11.2 Å². The zero-order valence-corrected chi connectivity index (χ0v) is 16.8. The fourth-order valence-electron chi connectivity index (χ4n) is 2.24. The summed E-state index contributed by atoms with van der Waals surface area (Å²) in [4.78, 5) is 23.1. The van der Waals surface area contributed by atoms with Gasteiger partial charge in [0.15, 0.2) is 0 Å². The Hall–Kier alpha value is -2.86. The van der Waals surface area contributed by atoms with Gasteiger partial charge < -0.3 is 10.1 Å². The highest BCUT2D eigenvalue weighted by Crippen LogP contribution is 2.25.